The van der Waals surface area contributed by atoms with Crippen LogP contribution in [0.5, 0.6) is 0 Å². The van der Waals surface area contributed by atoms with Gasteiger partial charge in [-0.25, -0.2) is 0 Å². The summed E-state index contributed by atoms with van der Waals surface area (Å²) in [5.41, 5.74) is 3.71. The summed E-state index contributed by atoms with van der Waals surface area (Å²) < 4.78 is 7.88. The Kier molecular flexibility index (Phi) is 5.39. The van der Waals surface area contributed by atoms with E-state index in [0.717, 1.165) is 50.4 Å². The molecule has 1 aliphatic heterocycles. The molecule has 138 valence electrons. The van der Waals surface area contributed by atoms with Crippen LogP contribution in [-0.2, 0) is 35.5 Å². The Labute approximate surface area is 150 Å². The number of carbonyl (C=O) groups is 1. The van der Waals surface area contributed by atoms with Crippen LogP contribution < -0.4 is 5.32 Å². The van der Waals surface area contributed by atoms with Crippen molar-refractivity contribution >= 4 is 5.91 Å². The Morgan fingerprint density at radius 1 is 1.16 bits per heavy atom. The molecule has 1 N–H and O–H groups in total. The van der Waals surface area contributed by atoms with Crippen LogP contribution >= 0.6 is 0 Å². The summed E-state index contributed by atoms with van der Waals surface area (Å²) in [4.78, 5) is 12.4. The van der Waals surface area contributed by atoms with Crippen molar-refractivity contribution < 1.29 is 9.53 Å². The Hall–Kier alpha value is -1.36. The molecule has 25 heavy (non-hydrogen) atoms. The highest BCUT2D eigenvalue weighted by Crippen LogP contribution is 2.32. The number of carbonyl (C=O) groups excluding carboxylic acids is 1. The normalized spacial score (nSPS) is 21.6. The number of nitrogens with one attached hydrogen (secondary N) is 1. The largest absolute Gasteiger partial charge is 0.376 e. The molecule has 0 saturated heterocycles. The van der Waals surface area contributed by atoms with Gasteiger partial charge in [0.05, 0.1) is 18.9 Å². The van der Waals surface area contributed by atoms with Crippen LogP contribution in [0, 0.1) is 5.92 Å². The van der Waals surface area contributed by atoms with Crippen LogP contribution in [0.4, 0.5) is 0 Å². The molecule has 0 unspecified atom stereocenters. The Morgan fingerprint density at radius 2 is 1.96 bits per heavy atom. The molecule has 1 aromatic rings. The fraction of sp³-hybridized carbons (Fsp3) is 0.800. The fourth-order valence-electron chi connectivity index (χ4n) is 4.23. The van der Waals surface area contributed by atoms with Crippen LogP contribution in [0.25, 0.3) is 0 Å². The molecule has 2 heterocycles. The van der Waals surface area contributed by atoms with Crippen molar-refractivity contribution in [1.29, 1.82) is 0 Å². The van der Waals surface area contributed by atoms with E-state index in [1.54, 1.807) is 0 Å². The van der Waals surface area contributed by atoms with Crippen LogP contribution in [0.3, 0.4) is 0 Å². The zero-order chi connectivity index (χ0) is 17.1. The van der Waals surface area contributed by atoms with Crippen molar-refractivity contribution in [3.63, 3.8) is 0 Å². The molecular formula is C20H31N3O2. The van der Waals surface area contributed by atoms with Gasteiger partial charge in [0.2, 0.25) is 5.91 Å². The van der Waals surface area contributed by atoms with Gasteiger partial charge >= 0.3 is 0 Å². The van der Waals surface area contributed by atoms with E-state index in [9.17, 15) is 4.79 Å². The molecule has 0 radical (unpaired) electrons. The Bertz CT molecular complexity index is 598. The van der Waals surface area contributed by atoms with E-state index >= 15 is 0 Å². The van der Waals surface area contributed by atoms with Crippen LogP contribution in [-0.4, -0.2) is 28.3 Å². The molecular weight excluding hydrogens is 314 g/mol. The summed E-state index contributed by atoms with van der Waals surface area (Å²) in [6.07, 6.45) is 12.3. The number of rotatable bonds is 6. The highest BCUT2D eigenvalue weighted by atomic mass is 16.5. The summed E-state index contributed by atoms with van der Waals surface area (Å²) in [7, 11) is 0. The number of nitrogens with zero attached hydrogens (tertiary/aromatic N) is 2. The SMILES string of the molecule is O=C(CCc1nn(CC2CC2)c2c1COCC2)NC1CCCCCC1. The van der Waals surface area contributed by atoms with E-state index in [1.807, 2.05) is 0 Å². The van der Waals surface area contributed by atoms with Crippen LogP contribution in [0.1, 0.15) is 74.7 Å². The van der Waals surface area contributed by atoms with Crippen molar-refractivity contribution in [2.45, 2.75) is 89.8 Å². The van der Waals surface area contributed by atoms with Gasteiger partial charge in [-0.2, -0.15) is 5.10 Å². The minimum atomic E-state index is 0.189. The topological polar surface area (TPSA) is 56.2 Å². The lowest BCUT2D eigenvalue weighted by Gasteiger charge is -2.16. The molecule has 0 bridgehead atoms. The van der Waals surface area contributed by atoms with Gasteiger partial charge in [0.1, 0.15) is 0 Å². The predicted molar refractivity (Wildman–Crippen MR) is 96.3 cm³/mol. The second-order valence-corrected chi connectivity index (χ2v) is 8.06. The van der Waals surface area contributed by atoms with Crippen LogP contribution in [0.15, 0.2) is 0 Å². The van der Waals surface area contributed by atoms with E-state index in [-0.39, 0.29) is 5.91 Å². The first kappa shape index (κ1) is 17.1. The van der Waals surface area contributed by atoms with E-state index in [2.05, 4.69) is 10.00 Å². The third-order valence-corrected chi connectivity index (χ3v) is 5.92. The molecule has 0 spiro atoms. The third-order valence-electron chi connectivity index (χ3n) is 5.92. The number of aromatic nitrogens is 2. The average molecular weight is 345 g/mol. The number of aryl methyl sites for hydroxylation is 1. The minimum Gasteiger partial charge on any atom is -0.376 e. The first-order valence-corrected chi connectivity index (χ1v) is 10.2. The maximum Gasteiger partial charge on any atom is 0.220 e. The standard InChI is InChI=1S/C20H31N3O2/c24-20(21-16-5-3-1-2-4-6-16)10-9-18-17-14-25-12-11-19(17)23(22-18)13-15-7-8-15/h15-16H,1-14H2,(H,21,24). The maximum atomic E-state index is 12.4. The first-order chi connectivity index (χ1) is 12.3. The number of hydrogen-bond acceptors (Lipinski definition) is 3. The van der Waals surface area contributed by atoms with Crippen molar-refractivity contribution in [2.75, 3.05) is 6.61 Å². The number of ether oxygens (including phenoxy) is 1. The molecule has 4 rings (SSSR count). The molecule has 1 amide bonds. The van der Waals surface area contributed by atoms with E-state index in [0.29, 0.717) is 19.1 Å². The lowest BCUT2D eigenvalue weighted by atomic mass is 10.1. The summed E-state index contributed by atoms with van der Waals surface area (Å²) in [5.74, 6) is 1.01. The molecule has 3 aliphatic rings. The van der Waals surface area contributed by atoms with Crippen molar-refractivity contribution in [3.05, 3.63) is 17.0 Å². The predicted octanol–water partition coefficient (Wildman–Crippen LogP) is 3.14. The fourth-order valence-corrected chi connectivity index (χ4v) is 4.23. The molecule has 2 fully saturated rings. The zero-order valence-corrected chi connectivity index (χ0v) is 15.3. The zero-order valence-electron chi connectivity index (χ0n) is 15.3. The summed E-state index contributed by atoms with van der Waals surface area (Å²) >= 11 is 0. The number of fused-ring (bicyclic) bond motifs is 1. The first-order valence-electron chi connectivity index (χ1n) is 10.2. The average Bonchev–Trinajstić information content (AvgIpc) is 3.41. The molecule has 1 aromatic heterocycles. The lowest BCUT2D eigenvalue weighted by molar-refractivity contribution is -0.121. The van der Waals surface area contributed by atoms with E-state index < -0.39 is 0 Å². The summed E-state index contributed by atoms with van der Waals surface area (Å²) in [6, 6.07) is 0.389. The van der Waals surface area contributed by atoms with Gasteiger partial charge in [0, 0.05) is 43.1 Å². The number of hydrogen-bond donors (Lipinski definition) is 1. The second kappa shape index (κ2) is 7.90. The molecule has 5 nitrogen and oxygen atoms in total. The van der Waals surface area contributed by atoms with E-state index in [1.165, 1.54) is 49.8 Å². The van der Waals surface area contributed by atoms with Crippen molar-refractivity contribution in [2.24, 2.45) is 5.92 Å². The molecule has 0 atom stereocenters. The highest BCUT2D eigenvalue weighted by molar-refractivity contribution is 5.76. The third kappa shape index (κ3) is 4.43. The highest BCUT2D eigenvalue weighted by Gasteiger charge is 2.27. The van der Waals surface area contributed by atoms with Gasteiger partial charge in [-0.15, -0.1) is 0 Å². The van der Waals surface area contributed by atoms with Gasteiger partial charge in [-0.05, 0) is 31.6 Å². The molecule has 2 saturated carbocycles. The Balaban J connectivity index is 1.35. The quantitative estimate of drug-likeness (QED) is 0.806. The minimum absolute atomic E-state index is 0.189. The van der Waals surface area contributed by atoms with Gasteiger partial charge in [0.25, 0.3) is 0 Å². The van der Waals surface area contributed by atoms with Gasteiger partial charge in [0.15, 0.2) is 0 Å². The van der Waals surface area contributed by atoms with Gasteiger partial charge < -0.3 is 10.1 Å². The van der Waals surface area contributed by atoms with Crippen molar-refractivity contribution in [1.82, 2.24) is 15.1 Å². The molecule has 5 heteroatoms. The summed E-state index contributed by atoms with van der Waals surface area (Å²) in [5, 5.41) is 8.12. The smallest absolute Gasteiger partial charge is 0.220 e. The maximum absolute atomic E-state index is 12.4. The lowest BCUT2D eigenvalue weighted by Crippen LogP contribution is -2.34. The monoisotopic (exact) mass is 345 g/mol. The van der Waals surface area contributed by atoms with Gasteiger partial charge in [-0.3, -0.25) is 9.48 Å². The number of amides is 1. The Morgan fingerprint density at radius 3 is 2.72 bits per heavy atom. The molecule has 2 aliphatic carbocycles. The van der Waals surface area contributed by atoms with Gasteiger partial charge in [-0.1, -0.05) is 25.7 Å². The molecule has 0 aromatic carbocycles. The second-order valence-electron chi connectivity index (χ2n) is 8.06. The summed E-state index contributed by atoms with van der Waals surface area (Å²) in [6.45, 7) is 2.52. The van der Waals surface area contributed by atoms with Crippen LogP contribution in [0.2, 0.25) is 0 Å². The van der Waals surface area contributed by atoms with E-state index in [4.69, 9.17) is 9.84 Å². The van der Waals surface area contributed by atoms with Crippen molar-refractivity contribution in [3.8, 4) is 0 Å².